The van der Waals surface area contributed by atoms with Gasteiger partial charge in [0.2, 0.25) is 5.78 Å². The Balaban J connectivity index is 4.05. The van der Waals surface area contributed by atoms with Crippen LogP contribution >= 0.6 is 0 Å². The van der Waals surface area contributed by atoms with Crippen molar-refractivity contribution in [2.45, 2.75) is 46.6 Å². The van der Waals surface area contributed by atoms with Crippen LogP contribution in [0.5, 0.6) is 0 Å². The molecule has 0 bridgehead atoms. The minimum absolute atomic E-state index is 0.261. The van der Waals surface area contributed by atoms with Crippen LogP contribution in [0, 0.1) is 17.8 Å². The van der Waals surface area contributed by atoms with Crippen molar-refractivity contribution in [2.24, 2.45) is 5.41 Å². The molecule has 1 amide bonds. The number of carbonyl (C=O) groups is 2. The number of hydrogen-bond acceptors (Lipinski definition) is 3. The lowest BCUT2D eigenvalue weighted by molar-refractivity contribution is -0.121. The van der Waals surface area contributed by atoms with E-state index in [9.17, 15) is 9.59 Å². The second kappa shape index (κ2) is 5.72. The second-order valence-electron chi connectivity index (χ2n) is 5.54. The Labute approximate surface area is 103 Å². The highest BCUT2D eigenvalue weighted by molar-refractivity contribution is 5.99. The number of Topliss-reactive ketones (excluding diaryl/α,β-unsaturated/α-hetero) is 1. The molecule has 0 atom stereocenters. The van der Waals surface area contributed by atoms with Crippen LogP contribution < -0.4 is 5.32 Å². The molecule has 0 radical (unpaired) electrons. The maximum absolute atomic E-state index is 11.4. The van der Waals surface area contributed by atoms with Gasteiger partial charge in [-0.3, -0.25) is 4.79 Å². The zero-order valence-electron chi connectivity index (χ0n) is 11.2. The Kier molecular flexibility index (Phi) is 5.21. The fourth-order valence-corrected chi connectivity index (χ4v) is 1.10. The molecule has 0 aliphatic carbocycles. The van der Waals surface area contributed by atoms with Gasteiger partial charge < -0.3 is 10.1 Å². The molecule has 17 heavy (non-hydrogen) atoms. The van der Waals surface area contributed by atoms with E-state index in [0.29, 0.717) is 13.0 Å². The van der Waals surface area contributed by atoms with Crippen molar-refractivity contribution in [1.82, 2.24) is 5.32 Å². The summed E-state index contributed by atoms with van der Waals surface area (Å²) in [7, 11) is 0. The van der Waals surface area contributed by atoms with Crippen LogP contribution in [0.3, 0.4) is 0 Å². The molecular formula is C13H21NO3. The molecule has 0 saturated heterocycles. The number of amides is 1. The molecule has 0 aromatic carbocycles. The standard InChI is InChI=1S/C13H21NO3/c1-7-10(15)13(5,6)8-9-14-11(16)17-12(2,3)4/h1H,8-9H2,2-6H3,(H,14,16). The van der Waals surface area contributed by atoms with E-state index in [2.05, 4.69) is 11.2 Å². The van der Waals surface area contributed by atoms with Gasteiger partial charge in [0.1, 0.15) is 5.60 Å². The van der Waals surface area contributed by atoms with Crippen molar-refractivity contribution in [3.8, 4) is 12.3 Å². The molecule has 96 valence electrons. The fraction of sp³-hybridized carbons (Fsp3) is 0.692. The van der Waals surface area contributed by atoms with Gasteiger partial charge in [0, 0.05) is 12.0 Å². The lowest BCUT2D eigenvalue weighted by atomic mass is 9.85. The molecule has 0 heterocycles. The van der Waals surface area contributed by atoms with Gasteiger partial charge in [-0.05, 0) is 33.1 Å². The monoisotopic (exact) mass is 239 g/mol. The average molecular weight is 239 g/mol. The summed E-state index contributed by atoms with van der Waals surface area (Å²) in [6.45, 7) is 9.24. The lowest BCUT2D eigenvalue weighted by Gasteiger charge is -2.22. The third-order valence-electron chi connectivity index (χ3n) is 2.16. The van der Waals surface area contributed by atoms with Gasteiger partial charge >= 0.3 is 6.09 Å². The number of nitrogens with one attached hydrogen (secondary N) is 1. The third kappa shape index (κ3) is 6.62. The topological polar surface area (TPSA) is 55.4 Å². The summed E-state index contributed by atoms with van der Waals surface area (Å²) < 4.78 is 5.06. The van der Waals surface area contributed by atoms with Crippen molar-refractivity contribution in [1.29, 1.82) is 0 Å². The van der Waals surface area contributed by atoms with Crippen LogP contribution in [0.2, 0.25) is 0 Å². The maximum Gasteiger partial charge on any atom is 0.407 e. The molecule has 4 nitrogen and oxygen atoms in total. The smallest absolute Gasteiger partial charge is 0.407 e. The molecule has 0 aromatic rings. The zero-order valence-corrected chi connectivity index (χ0v) is 11.2. The van der Waals surface area contributed by atoms with Gasteiger partial charge in [-0.15, -0.1) is 6.42 Å². The normalized spacial score (nSPS) is 11.5. The van der Waals surface area contributed by atoms with Crippen molar-refractivity contribution < 1.29 is 14.3 Å². The number of hydrogen-bond donors (Lipinski definition) is 1. The Morgan fingerprint density at radius 3 is 2.18 bits per heavy atom. The maximum atomic E-state index is 11.4. The number of terminal acetylenes is 1. The van der Waals surface area contributed by atoms with Crippen molar-refractivity contribution in [2.75, 3.05) is 6.54 Å². The molecule has 4 heteroatoms. The second-order valence-corrected chi connectivity index (χ2v) is 5.54. The molecule has 1 N–H and O–H groups in total. The first-order chi connectivity index (χ1) is 7.58. The molecule has 0 saturated carbocycles. The SMILES string of the molecule is C#CC(=O)C(C)(C)CCNC(=O)OC(C)(C)C. The van der Waals surface area contributed by atoms with E-state index in [4.69, 9.17) is 11.2 Å². The van der Waals surface area contributed by atoms with Gasteiger partial charge in [-0.1, -0.05) is 13.8 Å². The van der Waals surface area contributed by atoms with Gasteiger partial charge in [-0.2, -0.15) is 0 Å². The molecule has 0 rings (SSSR count). The Morgan fingerprint density at radius 1 is 1.24 bits per heavy atom. The number of ether oxygens (including phenoxy) is 1. The summed E-state index contributed by atoms with van der Waals surface area (Å²) in [5, 5.41) is 2.59. The summed E-state index contributed by atoms with van der Waals surface area (Å²) >= 11 is 0. The van der Waals surface area contributed by atoms with Crippen LogP contribution in [-0.2, 0) is 9.53 Å². The Morgan fingerprint density at radius 2 is 1.76 bits per heavy atom. The number of alkyl carbamates (subject to hydrolysis) is 1. The van der Waals surface area contributed by atoms with Crippen LogP contribution in [0.4, 0.5) is 4.79 Å². The lowest BCUT2D eigenvalue weighted by Crippen LogP contribution is -2.35. The molecule has 0 aliphatic heterocycles. The molecular weight excluding hydrogens is 218 g/mol. The van der Waals surface area contributed by atoms with Crippen molar-refractivity contribution >= 4 is 11.9 Å². The van der Waals surface area contributed by atoms with E-state index in [1.54, 1.807) is 34.6 Å². The molecule has 0 unspecified atom stereocenters. The van der Waals surface area contributed by atoms with E-state index in [1.807, 2.05) is 0 Å². The molecule has 0 fully saturated rings. The van der Waals surface area contributed by atoms with Gasteiger partial charge in [0.05, 0.1) is 0 Å². The van der Waals surface area contributed by atoms with Crippen LogP contribution in [0.1, 0.15) is 41.0 Å². The number of carbonyl (C=O) groups excluding carboxylic acids is 2. The average Bonchev–Trinajstić information content (AvgIpc) is 2.13. The predicted molar refractivity (Wildman–Crippen MR) is 66.5 cm³/mol. The van der Waals surface area contributed by atoms with E-state index in [-0.39, 0.29) is 5.78 Å². The van der Waals surface area contributed by atoms with E-state index < -0.39 is 17.1 Å². The van der Waals surface area contributed by atoms with Crippen molar-refractivity contribution in [3.05, 3.63) is 0 Å². The minimum Gasteiger partial charge on any atom is -0.444 e. The van der Waals surface area contributed by atoms with Crippen LogP contribution in [0.15, 0.2) is 0 Å². The summed E-state index contributed by atoms with van der Waals surface area (Å²) in [6.07, 6.45) is 5.06. The van der Waals surface area contributed by atoms with Crippen LogP contribution in [0.25, 0.3) is 0 Å². The molecule has 0 aromatic heterocycles. The largest absolute Gasteiger partial charge is 0.444 e. The Hall–Kier alpha value is -1.50. The number of ketones is 1. The van der Waals surface area contributed by atoms with E-state index >= 15 is 0 Å². The van der Waals surface area contributed by atoms with E-state index in [0.717, 1.165) is 0 Å². The summed E-state index contributed by atoms with van der Waals surface area (Å²) in [5.41, 5.74) is -1.14. The highest BCUT2D eigenvalue weighted by atomic mass is 16.6. The van der Waals surface area contributed by atoms with Crippen molar-refractivity contribution in [3.63, 3.8) is 0 Å². The van der Waals surface area contributed by atoms with Crippen LogP contribution in [-0.4, -0.2) is 24.0 Å². The number of rotatable bonds is 4. The van der Waals surface area contributed by atoms with Gasteiger partial charge in [0.15, 0.2) is 0 Å². The van der Waals surface area contributed by atoms with Gasteiger partial charge in [-0.25, -0.2) is 4.79 Å². The van der Waals surface area contributed by atoms with Gasteiger partial charge in [0.25, 0.3) is 0 Å². The minimum atomic E-state index is -0.621. The summed E-state index contributed by atoms with van der Waals surface area (Å²) in [6, 6.07) is 0. The quantitative estimate of drug-likeness (QED) is 0.604. The highest BCUT2D eigenvalue weighted by Crippen LogP contribution is 2.20. The zero-order chi connectivity index (χ0) is 13.7. The third-order valence-corrected chi connectivity index (χ3v) is 2.16. The summed E-state index contributed by atoms with van der Waals surface area (Å²) in [5.74, 6) is 1.84. The first-order valence-corrected chi connectivity index (χ1v) is 5.56. The first-order valence-electron chi connectivity index (χ1n) is 5.56. The first kappa shape index (κ1) is 15.5. The molecule has 0 spiro atoms. The highest BCUT2D eigenvalue weighted by Gasteiger charge is 2.26. The Bertz CT molecular complexity index is 332. The fourth-order valence-electron chi connectivity index (χ4n) is 1.10. The summed E-state index contributed by atoms with van der Waals surface area (Å²) in [4.78, 5) is 22.7. The molecule has 0 aliphatic rings. The van der Waals surface area contributed by atoms with E-state index in [1.165, 1.54) is 0 Å². The predicted octanol–water partition coefficient (Wildman–Crippen LogP) is 2.13.